The van der Waals surface area contributed by atoms with Gasteiger partial charge in [-0.05, 0) is 30.1 Å². The Morgan fingerprint density at radius 2 is 2.30 bits per heavy atom. The first kappa shape index (κ1) is 8.31. The van der Waals surface area contributed by atoms with Crippen LogP contribution >= 0.6 is 22.6 Å². The van der Waals surface area contributed by atoms with E-state index in [4.69, 9.17) is 0 Å². The fourth-order valence-corrected chi connectivity index (χ4v) is 1.66. The Morgan fingerprint density at radius 1 is 1.40 bits per heavy atom. The Balaban J connectivity index is 2.08. The van der Waals surface area contributed by atoms with Gasteiger partial charge in [0, 0.05) is 0 Å². The highest BCUT2D eigenvalue weighted by atomic mass is 127. The molecule has 0 aromatic carbocycles. The van der Waals surface area contributed by atoms with Crippen molar-refractivity contribution in [3.05, 3.63) is 23.8 Å². The fourth-order valence-electron chi connectivity index (χ4n) is 1.12. The molecule has 1 rings (SSSR count). The number of unbranched alkanes of at least 4 members (excludes halogenated alkanes) is 1. The molecule has 0 heterocycles. The molecule has 0 unspecified atom stereocenters. The van der Waals surface area contributed by atoms with Gasteiger partial charge < -0.3 is 0 Å². The molecule has 0 aliphatic heterocycles. The maximum atomic E-state index is 2.44. The molecule has 0 fully saturated rings. The average Bonchev–Trinajstić information content (AvgIpc) is 2.41. The molecule has 1 aliphatic carbocycles. The number of alkyl halides is 1. The third-order valence-electron chi connectivity index (χ3n) is 1.70. The second kappa shape index (κ2) is 4.94. The van der Waals surface area contributed by atoms with Crippen molar-refractivity contribution in [1.82, 2.24) is 0 Å². The normalized spacial score (nSPS) is 15.9. The molecule has 0 saturated heterocycles. The third-order valence-corrected chi connectivity index (χ3v) is 2.46. The summed E-state index contributed by atoms with van der Waals surface area (Å²) in [7, 11) is 0. The van der Waals surface area contributed by atoms with E-state index in [2.05, 4.69) is 40.8 Å². The number of hydrogen-bond acceptors (Lipinski definition) is 0. The molecule has 1 aliphatic rings. The zero-order chi connectivity index (χ0) is 7.23. The van der Waals surface area contributed by atoms with Gasteiger partial charge in [-0.1, -0.05) is 46.4 Å². The minimum Gasteiger partial charge on any atom is -0.0864 e. The molecule has 0 N–H and O–H groups in total. The lowest BCUT2D eigenvalue weighted by atomic mass is 10.1. The van der Waals surface area contributed by atoms with Gasteiger partial charge in [0.15, 0.2) is 0 Å². The topological polar surface area (TPSA) is 0 Å². The summed E-state index contributed by atoms with van der Waals surface area (Å²) < 4.78 is 1.30. The first-order valence-corrected chi connectivity index (χ1v) is 5.37. The van der Waals surface area contributed by atoms with Gasteiger partial charge in [0.2, 0.25) is 0 Å². The highest BCUT2D eigenvalue weighted by Gasteiger charge is 1.95. The number of rotatable bonds is 4. The minimum atomic E-state index is 1.17. The lowest BCUT2D eigenvalue weighted by Gasteiger charge is -1.96. The zero-order valence-corrected chi connectivity index (χ0v) is 8.30. The van der Waals surface area contributed by atoms with Crippen LogP contribution in [0.25, 0.3) is 0 Å². The zero-order valence-electron chi connectivity index (χ0n) is 6.15. The molecule has 0 aromatic rings. The molecule has 0 spiro atoms. The summed E-state index contributed by atoms with van der Waals surface area (Å²) in [4.78, 5) is 0. The molecule has 56 valence electrons. The van der Waals surface area contributed by atoms with Crippen LogP contribution in [-0.2, 0) is 0 Å². The van der Waals surface area contributed by atoms with Crippen molar-refractivity contribution in [3.8, 4) is 0 Å². The molecule has 10 heavy (non-hydrogen) atoms. The van der Waals surface area contributed by atoms with Gasteiger partial charge in [-0.15, -0.1) is 0 Å². The quantitative estimate of drug-likeness (QED) is 0.406. The fraction of sp³-hybridized carbons (Fsp3) is 0.556. The van der Waals surface area contributed by atoms with Crippen molar-refractivity contribution in [3.63, 3.8) is 0 Å². The molecule has 0 atom stereocenters. The summed E-state index contributed by atoms with van der Waals surface area (Å²) >= 11 is 2.44. The first-order chi connectivity index (χ1) is 4.93. The van der Waals surface area contributed by atoms with E-state index in [0.29, 0.717) is 0 Å². The van der Waals surface area contributed by atoms with Crippen LogP contribution in [0.3, 0.4) is 0 Å². The summed E-state index contributed by atoms with van der Waals surface area (Å²) in [6, 6.07) is 0. The van der Waals surface area contributed by atoms with E-state index < -0.39 is 0 Å². The molecule has 0 saturated carbocycles. The molecule has 0 amide bonds. The predicted molar refractivity (Wildman–Crippen MR) is 54.6 cm³/mol. The Kier molecular flexibility index (Phi) is 4.10. The SMILES string of the molecule is ICCCCC1=CCC=C1. The van der Waals surface area contributed by atoms with Gasteiger partial charge in [-0.3, -0.25) is 0 Å². The second-order valence-corrected chi connectivity index (χ2v) is 3.64. The summed E-state index contributed by atoms with van der Waals surface area (Å²) in [6.45, 7) is 0. The largest absolute Gasteiger partial charge is 0.0864 e. The Labute approximate surface area is 76.5 Å². The summed E-state index contributed by atoms with van der Waals surface area (Å²) in [5, 5.41) is 0. The van der Waals surface area contributed by atoms with E-state index in [9.17, 15) is 0 Å². The third kappa shape index (κ3) is 2.86. The molecule has 0 bridgehead atoms. The number of allylic oxidation sites excluding steroid dienone is 4. The summed E-state index contributed by atoms with van der Waals surface area (Å²) in [5.41, 5.74) is 1.55. The van der Waals surface area contributed by atoms with Crippen LogP contribution in [-0.4, -0.2) is 4.43 Å². The maximum Gasteiger partial charge on any atom is -0.000461 e. The van der Waals surface area contributed by atoms with Crippen LogP contribution in [0.5, 0.6) is 0 Å². The van der Waals surface area contributed by atoms with Gasteiger partial charge in [0.1, 0.15) is 0 Å². The highest BCUT2D eigenvalue weighted by Crippen LogP contribution is 2.15. The first-order valence-electron chi connectivity index (χ1n) is 3.85. The predicted octanol–water partition coefficient (Wildman–Crippen LogP) is 3.48. The van der Waals surface area contributed by atoms with Gasteiger partial charge >= 0.3 is 0 Å². The van der Waals surface area contributed by atoms with Gasteiger partial charge in [-0.2, -0.15) is 0 Å². The lowest BCUT2D eigenvalue weighted by Crippen LogP contribution is -1.78. The molecule has 0 aromatic heterocycles. The van der Waals surface area contributed by atoms with Crippen molar-refractivity contribution < 1.29 is 0 Å². The van der Waals surface area contributed by atoms with E-state index in [1.54, 1.807) is 5.57 Å². The Hall–Kier alpha value is 0.210. The van der Waals surface area contributed by atoms with E-state index in [1.165, 1.54) is 30.1 Å². The van der Waals surface area contributed by atoms with Crippen LogP contribution in [0, 0.1) is 0 Å². The molecule has 1 heteroatoms. The van der Waals surface area contributed by atoms with E-state index >= 15 is 0 Å². The molecular weight excluding hydrogens is 235 g/mol. The number of hydrogen-bond donors (Lipinski definition) is 0. The van der Waals surface area contributed by atoms with Crippen molar-refractivity contribution in [1.29, 1.82) is 0 Å². The van der Waals surface area contributed by atoms with Gasteiger partial charge in [-0.25, -0.2) is 0 Å². The van der Waals surface area contributed by atoms with Gasteiger partial charge in [0.05, 0.1) is 0 Å². The van der Waals surface area contributed by atoms with Crippen molar-refractivity contribution in [2.75, 3.05) is 4.43 Å². The van der Waals surface area contributed by atoms with E-state index in [0.717, 1.165) is 0 Å². The van der Waals surface area contributed by atoms with E-state index in [1.807, 2.05) is 0 Å². The average molecular weight is 248 g/mol. The Morgan fingerprint density at radius 3 is 2.90 bits per heavy atom. The highest BCUT2D eigenvalue weighted by molar-refractivity contribution is 14.1. The monoisotopic (exact) mass is 248 g/mol. The Bertz CT molecular complexity index is 145. The van der Waals surface area contributed by atoms with Crippen molar-refractivity contribution in [2.45, 2.75) is 25.7 Å². The summed E-state index contributed by atoms with van der Waals surface area (Å²) in [6.07, 6.45) is 12.0. The summed E-state index contributed by atoms with van der Waals surface area (Å²) in [5.74, 6) is 0. The smallest absolute Gasteiger partial charge is 0.000461 e. The van der Waals surface area contributed by atoms with Crippen LogP contribution in [0.2, 0.25) is 0 Å². The maximum absolute atomic E-state index is 2.44. The van der Waals surface area contributed by atoms with Crippen molar-refractivity contribution in [2.24, 2.45) is 0 Å². The molecule has 0 radical (unpaired) electrons. The van der Waals surface area contributed by atoms with Crippen LogP contribution in [0.1, 0.15) is 25.7 Å². The second-order valence-electron chi connectivity index (χ2n) is 2.56. The van der Waals surface area contributed by atoms with E-state index in [-0.39, 0.29) is 0 Å². The van der Waals surface area contributed by atoms with Crippen molar-refractivity contribution >= 4 is 22.6 Å². The standard InChI is InChI=1S/C9H13I/c10-8-4-3-7-9-5-1-2-6-9/h1,5-6H,2-4,7-8H2. The van der Waals surface area contributed by atoms with Gasteiger partial charge in [0.25, 0.3) is 0 Å². The molecular formula is C9H13I. The van der Waals surface area contributed by atoms with Crippen LogP contribution in [0.4, 0.5) is 0 Å². The molecule has 0 nitrogen and oxygen atoms in total. The lowest BCUT2D eigenvalue weighted by molar-refractivity contribution is 0.813. The number of halogens is 1. The van der Waals surface area contributed by atoms with Crippen LogP contribution in [0.15, 0.2) is 23.8 Å². The minimum absolute atomic E-state index is 1.17. The van der Waals surface area contributed by atoms with Crippen LogP contribution < -0.4 is 0 Å².